The van der Waals surface area contributed by atoms with Crippen LogP contribution >= 0.6 is 0 Å². The van der Waals surface area contributed by atoms with E-state index in [0.717, 1.165) is 18.7 Å². The lowest BCUT2D eigenvalue weighted by molar-refractivity contribution is 0.0996. The third kappa shape index (κ3) is 4.63. The number of hydrogen-bond acceptors (Lipinski definition) is 3. The van der Waals surface area contributed by atoms with Crippen LogP contribution in [0.25, 0.3) is 0 Å². The van der Waals surface area contributed by atoms with Crippen LogP contribution in [0.1, 0.15) is 40.1 Å². The number of nitrogens with one attached hydrogen (secondary N) is 1. The molecule has 0 saturated heterocycles. The van der Waals surface area contributed by atoms with Crippen molar-refractivity contribution in [3.63, 3.8) is 0 Å². The van der Waals surface area contributed by atoms with Crippen molar-refractivity contribution in [3.8, 4) is 0 Å². The minimum atomic E-state index is -0.521. The van der Waals surface area contributed by atoms with Crippen LogP contribution in [0.2, 0.25) is 0 Å². The number of rotatable bonds is 6. The van der Waals surface area contributed by atoms with Crippen molar-refractivity contribution in [3.05, 3.63) is 77.4 Å². The molecule has 27 heavy (non-hydrogen) atoms. The smallest absolute Gasteiger partial charge is 0.255 e. The summed E-state index contributed by atoms with van der Waals surface area (Å²) in [6, 6.07) is 14.7. The second-order valence-electron chi connectivity index (χ2n) is 7.19. The monoisotopic (exact) mass is 363 g/mol. The maximum absolute atomic E-state index is 12.6. The molecule has 5 nitrogen and oxygen atoms in total. The van der Waals surface area contributed by atoms with E-state index in [2.05, 4.69) is 36.2 Å². The number of primary amides is 1. The van der Waals surface area contributed by atoms with Crippen LogP contribution in [0.15, 0.2) is 60.7 Å². The Morgan fingerprint density at radius 3 is 2.63 bits per heavy atom. The summed E-state index contributed by atoms with van der Waals surface area (Å²) in [7, 11) is 0. The molecular formula is C22H25N3O2. The van der Waals surface area contributed by atoms with Crippen molar-refractivity contribution in [2.75, 3.05) is 11.9 Å². The van der Waals surface area contributed by atoms with Gasteiger partial charge in [0, 0.05) is 35.9 Å². The van der Waals surface area contributed by atoms with E-state index in [1.54, 1.807) is 30.3 Å². The molecule has 3 N–H and O–H groups in total. The van der Waals surface area contributed by atoms with E-state index in [-0.39, 0.29) is 5.91 Å². The van der Waals surface area contributed by atoms with Gasteiger partial charge in [0.15, 0.2) is 0 Å². The van der Waals surface area contributed by atoms with Gasteiger partial charge in [0.2, 0.25) is 5.91 Å². The number of nitrogens with two attached hydrogens (primary N) is 1. The number of amides is 2. The Morgan fingerprint density at radius 1 is 1.15 bits per heavy atom. The van der Waals surface area contributed by atoms with Crippen LogP contribution < -0.4 is 11.1 Å². The van der Waals surface area contributed by atoms with Gasteiger partial charge in [-0.05, 0) is 41.8 Å². The highest BCUT2D eigenvalue weighted by atomic mass is 16.2. The molecule has 3 rings (SSSR count). The van der Waals surface area contributed by atoms with E-state index in [9.17, 15) is 9.59 Å². The molecule has 1 heterocycles. The lowest BCUT2D eigenvalue weighted by Crippen LogP contribution is -2.33. The molecule has 1 aliphatic heterocycles. The number of nitrogens with zero attached hydrogens (tertiary/aromatic N) is 1. The standard InChI is InChI=1S/C22H25N3O2/c1-15(2)20-10-5-11-25(20)14-16-6-3-8-18(12-16)22(27)24-19-9-4-7-17(13-19)21(23)26/h3-10,12-13,15,20H,11,14H2,1-2H3,(H2,23,26)(H,24,27). The molecule has 140 valence electrons. The molecule has 2 aromatic rings. The van der Waals surface area contributed by atoms with Crippen LogP contribution in [0.4, 0.5) is 5.69 Å². The van der Waals surface area contributed by atoms with Crippen LogP contribution in [0.5, 0.6) is 0 Å². The zero-order valence-corrected chi connectivity index (χ0v) is 15.7. The number of carbonyl (C=O) groups excluding carboxylic acids is 2. The molecule has 2 aromatic carbocycles. The van der Waals surface area contributed by atoms with E-state index < -0.39 is 5.91 Å². The first-order valence-electron chi connectivity index (χ1n) is 9.15. The summed E-state index contributed by atoms with van der Waals surface area (Å²) in [4.78, 5) is 26.3. The second-order valence-corrected chi connectivity index (χ2v) is 7.19. The highest BCUT2D eigenvalue weighted by molar-refractivity contribution is 6.05. The molecule has 0 aliphatic carbocycles. The van der Waals surface area contributed by atoms with Gasteiger partial charge in [-0.2, -0.15) is 0 Å². The molecule has 5 heteroatoms. The maximum Gasteiger partial charge on any atom is 0.255 e. The van der Waals surface area contributed by atoms with Crippen molar-refractivity contribution in [2.24, 2.45) is 11.7 Å². The fourth-order valence-electron chi connectivity index (χ4n) is 3.39. The predicted molar refractivity (Wildman–Crippen MR) is 108 cm³/mol. The van der Waals surface area contributed by atoms with E-state index in [1.165, 1.54) is 0 Å². The van der Waals surface area contributed by atoms with E-state index in [1.807, 2.05) is 18.2 Å². The van der Waals surface area contributed by atoms with Gasteiger partial charge in [-0.15, -0.1) is 0 Å². The predicted octanol–water partition coefficient (Wildman–Crippen LogP) is 3.43. The third-order valence-corrected chi connectivity index (χ3v) is 4.76. The third-order valence-electron chi connectivity index (χ3n) is 4.76. The van der Waals surface area contributed by atoms with Gasteiger partial charge in [0.05, 0.1) is 0 Å². The average Bonchev–Trinajstić information content (AvgIpc) is 3.10. The van der Waals surface area contributed by atoms with Gasteiger partial charge < -0.3 is 11.1 Å². The minimum Gasteiger partial charge on any atom is -0.366 e. The molecule has 1 aliphatic rings. The Balaban J connectivity index is 1.70. The van der Waals surface area contributed by atoms with Crippen LogP contribution in [-0.4, -0.2) is 29.3 Å². The zero-order chi connectivity index (χ0) is 19.4. The summed E-state index contributed by atoms with van der Waals surface area (Å²) in [5, 5.41) is 2.83. The van der Waals surface area contributed by atoms with E-state index >= 15 is 0 Å². The van der Waals surface area contributed by atoms with Gasteiger partial charge in [0.25, 0.3) is 5.91 Å². The van der Waals surface area contributed by atoms with Crippen molar-refractivity contribution in [1.29, 1.82) is 0 Å². The van der Waals surface area contributed by atoms with Gasteiger partial charge in [-0.1, -0.05) is 44.2 Å². The zero-order valence-electron chi connectivity index (χ0n) is 15.7. The second kappa shape index (κ2) is 8.18. The first-order chi connectivity index (χ1) is 12.9. The van der Waals surface area contributed by atoms with Gasteiger partial charge in [-0.25, -0.2) is 0 Å². The first-order valence-corrected chi connectivity index (χ1v) is 9.15. The van der Waals surface area contributed by atoms with Crippen molar-refractivity contribution < 1.29 is 9.59 Å². The molecule has 0 aromatic heterocycles. The number of benzene rings is 2. The van der Waals surface area contributed by atoms with Crippen LogP contribution in [0.3, 0.4) is 0 Å². The molecule has 0 bridgehead atoms. The Labute approximate surface area is 159 Å². The molecule has 1 unspecified atom stereocenters. The van der Waals surface area contributed by atoms with Gasteiger partial charge in [0.1, 0.15) is 0 Å². The SMILES string of the molecule is CC(C)C1C=CCN1Cc1cccc(C(=O)Nc2cccc(C(N)=O)c2)c1. The Morgan fingerprint density at radius 2 is 1.89 bits per heavy atom. The quantitative estimate of drug-likeness (QED) is 0.772. The minimum absolute atomic E-state index is 0.210. The molecule has 1 atom stereocenters. The summed E-state index contributed by atoms with van der Waals surface area (Å²) in [5.41, 5.74) is 7.89. The summed E-state index contributed by atoms with van der Waals surface area (Å²) >= 11 is 0. The lowest BCUT2D eigenvalue weighted by atomic mass is 10.0. The Kier molecular flexibility index (Phi) is 5.72. The largest absolute Gasteiger partial charge is 0.366 e. The molecule has 0 fully saturated rings. The summed E-state index contributed by atoms with van der Waals surface area (Å²) in [5.74, 6) is -0.182. The average molecular weight is 363 g/mol. The number of hydrogen-bond donors (Lipinski definition) is 2. The normalized spacial score (nSPS) is 16.6. The molecule has 0 spiro atoms. The van der Waals surface area contributed by atoms with Gasteiger partial charge in [-0.3, -0.25) is 14.5 Å². The van der Waals surface area contributed by atoms with Crippen LogP contribution in [0, 0.1) is 5.92 Å². The highest BCUT2D eigenvalue weighted by Crippen LogP contribution is 2.21. The maximum atomic E-state index is 12.6. The fourth-order valence-corrected chi connectivity index (χ4v) is 3.39. The molecule has 2 amide bonds. The molecular weight excluding hydrogens is 338 g/mol. The van der Waals surface area contributed by atoms with Crippen molar-refractivity contribution in [1.82, 2.24) is 4.90 Å². The molecule has 0 saturated carbocycles. The van der Waals surface area contributed by atoms with Crippen LogP contribution in [-0.2, 0) is 6.54 Å². The first kappa shape index (κ1) is 18.9. The molecule has 0 radical (unpaired) electrons. The van der Waals surface area contributed by atoms with E-state index in [0.29, 0.717) is 28.8 Å². The fraction of sp³-hybridized carbons (Fsp3) is 0.273. The number of carbonyl (C=O) groups is 2. The summed E-state index contributed by atoms with van der Waals surface area (Å²) < 4.78 is 0. The topological polar surface area (TPSA) is 75.4 Å². The van der Waals surface area contributed by atoms with Crippen molar-refractivity contribution >= 4 is 17.5 Å². The lowest BCUT2D eigenvalue weighted by Gasteiger charge is -2.27. The summed E-state index contributed by atoms with van der Waals surface area (Å²) in [6.07, 6.45) is 4.46. The Hall–Kier alpha value is -2.92. The summed E-state index contributed by atoms with van der Waals surface area (Å²) in [6.45, 7) is 6.17. The number of anilines is 1. The van der Waals surface area contributed by atoms with Gasteiger partial charge >= 0.3 is 0 Å². The van der Waals surface area contributed by atoms with E-state index in [4.69, 9.17) is 5.73 Å². The van der Waals surface area contributed by atoms with Crippen molar-refractivity contribution in [2.45, 2.75) is 26.4 Å². The highest BCUT2D eigenvalue weighted by Gasteiger charge is 2.22. The Bertz CT molecular complexity index is 873.